The van der Waals surface area contributed by atoms with Crippen LogP contribution in [0.2, 0.25) is 0 Å². The van der Waals surface area contributed by atoms with Gasteiger partial charge in [0.2, 0.25) is 0 Å². The van der Waals surface area contributed by atoms with E-state index in [1.807, 2.05) is 12.1 Å². The molecule has 0 saturated heterocycles. The third-order valence-corrected chi connectivity index (χ3v) is 3.16. The second-order valence-corrected chi connectivity index (χ2v) is 4.93. The number of anilines is 1. The Morgan fingerprint density at radius 3 is 2.94 bits per heavy atom. The number of H-pyrrole nitrogens is 1. The highest BCUT2D eigenvalue weighted by atomic mass is 79.9. The molecule has 0 spiro atoms. The molecule has 2 aromatic rings. The van der Waals surface area contributed by atoms with Gasteiger partial charge < -0.3 is 5.32 Å². The smallest absolute Gasteiger partial charge is 0.151 e. The first kappa shape index (κ1) is 12.2. The number of benzene rings is 1. The van der Waals surface area contributed by atoms with Gasteiger partial charge in [-0.1, -0.05) is 35.0 Å². The van der Waals surface area contributed by atoms with Crippen molar-refractivity contribution in [3.8, 4) is 11.3 Å². The molecule has 1 aromatic heterocycles. The zero-order valence-corrected chi connectivity index (χ0v) is 11.6. The average Bonchev–Trinajstić information content (AvgIpc) is 2.68. The number of halogens is 1. The number of hydrogen-bond acceptors (Lipinski definition) is 2. The van der Waals surface area contributed by atoms with Gasteiger partial charge in [0, 0.05) is 22.1 Å². The van der Waals surface area contributed by atoms with Crippen molar-refractivity contribution in [1.82, 2.24) is 10.2 Å². The standard InChI is InChI=1S/C13H16BrN3/c1-3-7-15-13-9(2)12(16-17-13)10-5-4-6-11(14)8-10/h4-6,8H,3,7H2,1-2H3,(H2,15,16,17). The van der Waals surface area contributed by atoms with Gasteiger partial charge in [-0.05, 0) is 25.5 Å². The Morgan fingerprint density at radius 2 is 2.24 bits per heavy atom. The first-order chi connectivity index (χ1) is 8.22. The lowest BCUT2D eigenvalue weighted by Gasteiger charge is -2.03. The fourth-order valence-electron chi connectivity index (χ4n) is 1.74. The van der Waals surface area contributed by atoms with Crippen LogP contribution in [0.25, 0.3) is 11.3 Å². The summed E-state index contributed by atoms with van der Waals surface area (Å²) < 4.78 is 1.08. The summed E-state index contributed by atoms with van der Waals surface area (Å²) in [5, 5.41) is 10.7. The van der Waals surface area contributed by atoms with Gasteiger partial charge >= 0.3 is 0 Å². The molecule has 0 saturated carbocycles. The van der Waals surface area contributed by atoms with Crippen molar-refractivity contribution in [3.05, 3.63) is 34.3 Å². The van der Waals surface area contributed by atoms with Crippen LogP contribution in [-0.2, 0) is 0 Å². The topological polar surface area (TPSA) is 40.7 Å². The summed E-state index contributed by atoms with van der Waals surface area (Å²) in [4.78, 5) is 0. The molecule has 4 heteroatoms. The van der Waals surface area contributed by atoms with E-state index in [0.717, 1.165) is 40.1 Å². The van der Waals surface area contributed by atoms with E-state index in [-0.39, 0.29) is 0 Å². The van der Waals surface area contributed by atoms with Crippen molar-refractivity contribution in [2.24, 2.45) is 0 Å². The third kappa shape index (κ3) is 2.69. The molecule has 0 radical (unpaired) electrons. The molecular formula is C13H16BrN3. The summed E-state index contributed by atoms with van der Waals surface area (Å²) in [5.74, 6) is 0.946. The summed E-state index contributed by atoms with van der Waals surface area (Å²) in [6.07, 6.45) is 1.10. The second-order valence-electron chi connectivity index (χ2n) is 4.01. The highest BCUT2D eigenvalue weighted by Gasteiger charge is 2.10. The lowest BCUT2D eigenvalue weighted by molar-refractivity contribution is 0.959. The van der Waals surface area contributed by atoms with Crippen LogP contribution >= 0.6 is 15.9 Å². The van der Waals surface area contributed by atoms with Crippen molar-refractivity contribution in [2.45, 2.75) is 20.3 Å². The highest BCUT2D eigenvalue weighted by Crippen LogP contribution is 2.27. The quantitative estimate of drug-likeness (QED) is 0.895. The maximum absolute atomic E-state index is 4.31. The van der Waals surface area contributed by atoms with Gasteiger partial charge in [-0.2, -0.15) is 5.10 Å². The van der Waals surface area contributed by atoms with Crippen molar-refractivity contribution in [1.29, 1.82) is 0 Å². The Morgan fingerprint density at radius 1 is 1.41 bits per heavy atom. The normalized spacial score (nSPS) is 10.5. The molecule has 0 fully saturated rings. The van der Waals surface area contributed by atoms with Gasteiger partial charge in [0.1, 0.15) is 0 Å². The zero-order valence-electron chi connectivity index (χ0n) is 10.0. The van der Waals surface area contributed by atoms with E-state index in [0.29, 0.717) is 0 Å². The molecule has 0 aliphatic carbocycles. The average molecular weight is 294 g/mol. The van der Waals surface area contributed by atoms with Crippen molar-refractivity contribution in [3.63, 3.8) is 0 Å². The molecule has 0 bridgehead atoms. The molecule has 3 nitrogen and oxygen atoms in total. The van der Waals surface area contributed by atoms with Gasteiger partial charge in [0.15, 0.2) is 5.82 Å². The van der Waals surface area contributed by atoms with E-state index in [2.05, 4.69) is 57.4 Å². The molecule has 0 aliphatic rings. The maximum Gasteiger partial charge on any atom is 0.151 e. The zero-order chi connectivity index (χ0) is 12.3. The lowest BCUT2D eigenvalue weighted by Crippen LogP contribution is -2.00. The fraction of sp³-hybridized carbons (Fsp3) is 0.308. The summed E-state index contributed by atoms with van der Waals surface area (Å²) in [6, 6.07) is 8.21. The van der Waals surface area contributed by atoms with Crippen molar-refractivity contribution >= 4 is 21.7 Å². The van der Waals surface area contributed by atoms with Gasteiger partial charge in [-0.15, -0.1) is 0 Å². The Balaban J connectivity index is 2.30. The van der Waals surface area contributed by atoms with E-state index < -0.39 is 0 Å². The van der Waals surface area contributed by atoms with E-state index in [9.17, 15) is 0 Å². The minimum atomic E-state index is 0.946. The number of aromatic nitrogens is 2. The summed E-state index contributed by atoms with van der Waals surface area (Å²) in [5.41, 5.74) is 3.38. The number of aromatic amines is 1. The molecule has 2 N–H and O–H groups in total. The molecule has 0 unspecified atom stereocenters. The fourth-order valence-corrected chi connectivity index (χ4v) is 2.14. The van der Waals surface area contributed by atoms with Crippen LogP contribution in [0.3, 0.4) is 0 Å². The summed E-state index contributed by atoms with van der Waals surface area (Å²) in [7, 11) is 0. The van der Waals surface area contributed by atoms with Crippen molar-refractivity contribution in [2.75, 3.05) is 11.9 Å². The predicted octanol–water partition coefficient (Wildman–Crippen LogP) is 3.97. The molecule has 17 heavy (non-hydrogen) atoms. The monoisotopic (exact) mass is 293 g/mol. The van der Waals surface area contributed by atoms with Crippen LogP contribution in [-0.4, -0.2) is 16.7 Å². The highest BCUT2D eigenvalue weighted by molar-refractivity contribution is 9.10. The maximum atomic E-state index is 4.31. The van der Waals surface area contributed by atoms with Crippen LogP contribution in [0, 0.1) is 6.92 Å². The SMILES string of the molecule is CCCNc1n[nH]c(-c2cccc(Br)c2)c1C. The minimum Gasteiger partial charge on any atom is -0.368 e. The first-order valence-corrected chi connectivity index (χ1v) is 6.56. The van der Waals surface area contributed by atoms with Gasteiger partial charge in [0.05, 0.1) is 5.69 Å². The number of nitrogens with zero attached hydrogens (tertiary/aromatic N) is 1. The molecule has 0 atom stereocenters. The van der Waals surface area contributed by atoms with Crippen LogP contribution in [0.15, 0.2) is 28.7 Å². The number of rotatable bonds is 4. The van der Waals surface area contributed by atoms with E-state index in [4.69, 9.17) is 0 Å². The molecule has 0 amide bonds. The molecule has 0 aliphatic heterocycles. The van der Waals surface area contributed by atoms with Gasteiger partial charge in [-0.3, -0.25) is 5.10 Å². The second kappa shape index (κ2) is 5.36. The van der Waals surface area contributed by atoms with E-state index in [1.165, 1.54) is 0 Å². The number of nitrogens with one attached hydrogen (secondary N) is 2. The first-order valence-electron chi connectivity index (χ1n) is 5.77. The molecular weight excluding hydrogens is 278 g/mol. The third-order valence-electron chi connectivity index (χ3n) is 2.67. The Labute approximate surface area is 110 Å². The largest absolute Gasteiger partial charge is 0.368 e. The summed E-state index contributed by atoms with van der Waals surface area (Å²) in [6.45, 7) is 5.17. The van der Waals surface area contributed by atoms with Crippen LogP contribution in [0.5, 0.6) is 0 Å². The van der Waals surface area contributed by atoms with Crippen LogP contribution < -0.4 is 5.32 Å². The van der Waals surface area contributed by atoms with Gasteiger partial charge in [0.25, 0.3) is 0 Å². The lowest BCUT2D eigenvalue weighted by atomic mass is 10.1. The summed E-state index contributed by atoms with van der Waals surface area (Å²) >= 11 is 3.48. The van der Waals surface area contributed by atoms with Crippen LogP contribution in [0.1, 0.15) is 18.9 Å². The molecule has 1 heterocycles. The van der Waals surface area contributed by atoms with Crippen LogP contribution in [0.4, 0.5) is 5.82 Å². The Hall–Kier alpha value is -1.29. The van der Waals surface area contributed by atoms with Crippen molar-refractivity contribution < 1.29 is 0 Å². The molecule has 1 aromatic carbocycles. The Bertz CT molecular complexity index is 505. The van der Waals surface area contributed by atoms with E-state index >= 15 is 0 Å². The minimum absolute atomic E-state index is 0.946. The number of hydrogen-bond donors (Lipinski definition) is 2. The van der Waals surface area contributed by atoms with E-state index in [1.54, 1.807) is 0 Å². The Kier molecular flexibility index (Phi) is 3.84. The van der Waals surface area contributed by atoms with Gasteiger partial charge in [-0.25, -0.2) is 0 Å². The molecule has 2 rings (SSSR count). The molecule has 90 valence electrons. The predicted molar refractivity (Wildman–Crippen MR) is 75.2 cm³/mol.